The molecule has 154 valence electrons. The summed E-state index contributed by atoms with van der Waals surface area (Å²) in [7, 11) is 1.57. The summed E-state index contributed by atoms with van der Waals surface area (Å²) in [6.45, 7) is 0.386. The number of carbonyl (C=O) groups is 1. The molecule has 0 aliphatic carbocycles. The fourth-order valence-corrected chi connectivity index (χ4v) is 3.29. The molecular weight excluding hydrogens is 411 g/mol. The van der Waals surface area contributed by atoms with Crippen molar-refractivity contribution in [1.29, 1.82) is 0 Å². The third-order valence-corrected chi connectivity index (χ3v) is 4.87. The first-order valence-electron chi connectivity index (χ1n) is 9.18. The zero-order valence-corrected chi connectivity index (χ0v) is 16.8. The van der Waals surface area contributed by atoms with E-state index in [0.717, 1.165) is 11.1 Å². The molecule has 0 fully saturated rings. The highest BCUT2D eigenvalue weighted by molar-refractivity contribution is 6.33. The molecule has 1 aliphatic rings. The number of methoxy groups -OCH3 is 1. The minimum atomic E-state index is -0.803. The average molecular weight is 429 g/mol. The Hall–Kier alpha value is -3.39. The van der Waals surface area contributed by atoms with Crippen LogP contribution in [0, 0.1) is 5.82 Å². The molecule has 2 heterocycles. The van der Waals surface area contributed by atoms with Crippen molar-refractivity contribution < 1.29 is 18.8 Å². The summed E-state index contributed by atoms with van der Waals surface area (Å²) in [4.78, 5) is 17.9. The number of rotatable bonds is 6. The Bertz CT molecular complexity index is 1100. The second kappa shape index (κ2) is 8.54. The SMILES string of the molecule is COc1ccccc1C1=NOC(C(=O)Nc2nn(Cc3ccc(F)cc3)cc2Cl)C1. The van der Waals surface area contributed by atoms with Crippen LogP contribution in [0.4, 0.5) is 10.2 Å². The van der Waals surface area contributed by atoms with Gasteiger partial charge in [0.1, 0.15) is 16.6 Å². The summed E-state index contributed by atoms with van der Waals surface area (Å²) in [6.07, 6.45) is 1.08. The first-order chi connectivity index (χ1) is 14.5. The van der Waals surface area contributed by atoms with E-state index in [0.29, 0.717) is 24.4 Å². The van der Waals surface area contributed by atoms with Gasteiger partial charge in [0.05, 0.1) is 19.4 Å². The van der Waals surface area contributed by atoms with E-state index < -0.39 is 12.0 Å². The molecule has 2 aromatic carbocycles. The van der Waals surface area contributed by atoms with E-state index >= 15 is 0 Å². The zero-order chi connectivity index (χ0) is 21.1. The molecule has 0 bridgehead atoms. The van der Waals surface area contributed by atoms with Crippen molar-refractivity contribution in [2.75, 3.05) is 12.4 Å². The predicted octanol–water partition coefficient (Wildman–Crippen LogP) is 3.86. The molecule has 7 nitrogen and oxygen atoms in total. The standard InChI is InChI=1S/C21H18ClFN4O3/c1-29-18-5-3-2-4-15(18)17-10-19(30-26-17)21(28)24-20-16(22)12-27(25-20)11-13-6-8-14(23)9-7-13/h2-9,12,19H,10-11H2,1H3,(H,24,25,28). The summed E-state index contributed by atoms with van der Waals surface area (Å²) in [6, 6.07) is 13.5. The number of ether oxygens (including phenoxy) is 1. The van der Waals surface area contributed by atoms with Gasteiger partial charge in [0.25, 0.3) is 5.91 Å². The minimum Gasteiger partial charge on any atom is -0.496 e. The van der Waals surface area contributed by atoms with Crippen LogP contribution in [0.25, 0.3) is 0 Å². The van der Waals surface area contributed by atoms with E-state index in [2.05, 4.69) is 15.6 Å². The fraction of sp³-hybridized carbons (Fsp3) is 0.190. The Balaban J connectivity index is 1.40. The normalized spacial score (nSPS) is 15.4. The summed E-state index contributed by atoms with van der Waals surface area (Å²) in [5, 5.41) is 11.3. The van der Waals surface area contributed by atoms with Gasteiger partial charge in [-0.15, -0.1) is 0 Å². The molecule has 0 saturated carbocycles. The maximum Gasteiger partial charge on any atom is 0.269 e. The van der Waals surface area contributed by atoms with E-state index in [-0.39, 0.29) is 16.7 Å². The number of anilines is 1. The van der Waals surface area contributed by atoms with Crippen LogP contribution in [-0.4, -0.2) is 34.6 Å². The maximum atomic E-state index is 13.0. The van der Waals surface area contributed by atoms with E-state index in [9.17, 15) is 9.18 Å². The lowest BCUT2D eigenvalue weighted by atomic mass is 10.0. The van der Waals surface area contributed by atoms with Gasteiger partial charge < -0.3 is 14.9 Å². The quantitative estimate of drug-likeness (QED) is 0.646. The van der Waals surface area contributed by atoms with Crippen molar-refractivity contribution in [1.82, 2.24) is 9.78 Å². The lowest BCUT2D eigenvalue weighted by Crippen LogP contribution is -2.28. The van der Waals surface area contributed by atoms with Gasteiger partial charge in [0.2, 0.25) is 6.10 Å². The lowest BCUT2D eigenvalue weighted by Gasteiger charge is -2.09. The smallest absolute Gasteiger partial charge is 0.269 e. The highest BCUT2D eigenvalue weighted by Gasteiger charge is 2.31. The number of nitrogens with zero attached hydrogens (tertiary/aromatic N) is 3. The average Bonchev–Trinajstić information content (AvgIpc) is 3.37. The molecule has 1 aliphatic heterocycles. The zero-order valence-electron chi connectivity index (χ0n) is 16.0. The third kappa shape index (κ3) is 4.28. The van der Waals surface area contributed by atoms with Crippen molar-refractivity contribution in [2.45, 2.75) is 19.1 Å². The van der Waals surface area contributed by atoms with E-state index in [1.54, 1.807) is 30.1 Å². The van der Waals surface area contributed by atoms with E-state index in [1.807, 2.05) is 24.3 Å². The summed E-state index contributed by atoms with van der Waals surface area (Å²) >= 11 is 6.21. The van der Waals surface area contributed by atoms with Crippen molar-refractivity contribution in [3.8, 4) is 5.75 Å². The summed E-state index contributed by atoms with van der Waals surface area (Å²) in [5.41, 5.74) is 2.25. The Labute approximate surface area is 177 Å². The predicted molar refractivity (Wildman–Crippen MR) is 110 cm³/mol. The molecule has 1 unspecified atom stereocenters. The van der Waals surface area contributed by atoms with Gasteiger partial charge >= 0.3 is 0 Å². The van der Waals surface area contributed by atoms with Crippen LogP contribution in [0.15, 0.2) is 59.9 Å². The largest absolute Gasteiger partial charge is 0.496 e. The van der Waals surface area contributed by atoms with Gasteiger partial charge in [-0.05, 0) is 29.8 Å². The molecule has 9 heteroatoms. The molecule has 30 heavy (non-hydrogen) atoms. The number of hydrogen-bond acceptors (Lipinski definition) is 5. The maximum absolute atomic E-state index is 13.0. The molecule has 0 saturated heterocycles. The first kappa shape index (κ1) is 19.9. The lowest BCUT2D eigenvalue weighted by molar-refractivity contribution is -0.125. The number of nitrogens with one attached hydrogen (secondary N) is 1. The third-order valence-electron chi connectivity index (χ3n) is 4.60. The van der Waals surface area contributed by atoms with Gasteiger partial charge in [-0.25, -0.2) is 4.39 Å². The number of oxime groups is 1. The van der Waals surface area contributed by atoms with E-state index in [1.165, 1.54) is 12.1 Å². The molecule has 1 N–H and O–H groups in total. The molecule has 1 aromatic heterocycles. The van der Waals surface area contributed by atoms with Crippen LogP contribution in [0.3, 0.4) is 0 Å². The van der Waals surface area contributed by atoms with E-state index in [4.69, 9.17) is 21.2 Å². The van der Waals surface area contributed by atoms with Crippen LogP contribution in [0.1, 0.15) is 17.5 Å². The molecule has 0 spiro atoms. The van der Waals surface area contributed by atoms with Crippen molar-refractivity contribution in [3.63, 3.8) is 0 Å². The number of amides is 1. The highest BCUT2D eigenvalue weighted by Crippen LogP contribution is 2.26. The highest BCUT2D eigenvalue weighted by atomic mass is 35.5. The van der Waals surface area contributed by atoms with Crippen molar-refractivity contribution in [2.24, 2.45) is 5.16 Å². The van der Waals surface area contributed by atoms with Gasteiger partial charge in [0.15, 0.2) is 5.82 Å². The van der Waals surface area contributed by atoms with Gasteiger partial charge in [-0.1, -0.05) is 41.0 Å². The fourth-order valence-electron chi connectivity index (χ4n) is 3.10. The minimum absolute atomic E-state index is 0.220. The van der Waals surface area contributed by atoms with Gasteiger partial charge in [-0.2, -0.15) is 5.10 Å². The topological polar surface area (TPSA) is 77.7 Å². The molecule has 3 aromatic rings. The second-order valence-corrected chi connectivity index (χ2v) is 7.08. The number of halogens is 2. The Morgan fingerprint density at radius 2 is 2.07 bits per heavy atom. The van der Waals surface area contributed by atoms with Crippen LogP contribution in [0.2, 0.25) is 5.02 Å². The molecule has 4 rings (SSSR count). The Morgan fingerprint density at radius 3 is 2.83 bits per heavy atom. The van der Waals surface area contributed by atoms with Gasteiger partial charge in [-0.3, -0.25) is 9.48 Å². The number of aromatic nitrogens is 2. The van der Waals surface area contributed by atoms with Crippen LogP contribution < -0.4 is 10.1 Å². The number of benzene rings is 2. The van der Waals surface area contributed by atoms with Crippen LogP contribution in [0.5, 0.6) is 5.75 Å². The second-order valence-electron chi connectivity index (χ2n) is 6.68. The van der Waals surface area contributed by atoms with Crippen molar-refractivity contribution >= 4 is 29.0 Å². The van der Waals surface area contributed by atoms with Crippen LogP contribution in [-0.2, 0) is 16.2 Å². The monoisotopic (exact) mass is 428 g/mol. The molecule has 0 radical (unpaired) electrons. The summed E-state index contributed by atoms with van der Waals surface area (Å²) < 4.78 is 19.9. The molecular formula is C21H18ClFN4O3. The first-order valence-corrected chi connectivity index (χ1v) is 9.55. The summed E-state index contributed by atoms with van der Waals surface area (Å²) in [5.74, 6) is 0.163. The Kier molecular flexibility index (Phi) is 5.67. The van der Waals surface area contributed by atoms with Crippen LogP contribution >= 0.6 is 11.6 Å². The number of hydrogen-bond donors (Lipinski definition) is 1. The molecule has 1 atom stereocenters. The van der Waals surface area contributed by atoms with Gasteiger partial charge in [0, 0.05) is 18.2 Å². The number of para-hydroxylation sites is 1. The molecule has 1 amide bonds. The Morgan fingerprint density at radius 1 is 1.30 bits per heavy atom. The van der Waals surface area contributed by atoms with Crippen molar-refractivity contribution in [3.05, 3.63) is 76.7 Å². The number of carbonyl (C=O) groups excluding carboxylic acids is 1.